The summed E-state index contributed by atoms with van der Waals surface area (Å²) in [6, 6.07) is 18.7. The molecule has 6 heteroatoms. The molecule has 150 valence electrons. The Bertz CT molecular complexity index is 1000. The zero-order chi connectivity index (χ0) is 20.8. The standard InChI is InChI=1S/C23H21IO5/c1-15-9-18(28-14-16-7-5-4-6-8-16)11-19(10-15)29-23(25)22-20(24)12-17(26-2)13-21(22)27-3/h4-13H,14H2,1-3H3. The topological polar surface area (TPSA) is 54.0 Å². The van der Waals surface area contributed by atoms with E-state index in [9.17, 15) is 4.79 Å². The molecule has 0 radical (unpaired) electrons. The van der Waals surface area contributed by atoms with Gasteiger partial charge in [0.1, 0.15) is 35.2 Å². The first-order valence-electron chi connectivity index (χ1n) is 8.92. The van der Waals surface area contributed by atoms with Gasteiger partial charge in [-0.1, -0.05) is 30.3 Å². The van der Waals surface area contributed by atoms with E-state index in [1.54, 1.807) is 31.4 Å². The normalized spacial score (nSPS) is 10.3. The average molecular weight is 504 g/mol. The van der Waals surface area contributed by atoms with Gasteiger partial charge in [-0.15, -0.1) is 0 Å². The number of methoxy groups -OCH3 is 2. The Morgan fingerprint density at radius 1 is 0.897 bits per heavy atom. The highest BCUT2D eigenvalue weighted by Crippen LogP contribution is 2.32. The number of ether oxygens (including phenoxy) is 4. The number of rotatable bonds is 7. The van der Waals surface area contributed by atoms with Gasteiger partial charge in [-0.2, -0.15) is 0 Å². The van der Waals surface area contributed by atoms with Crippen molar-refractivity contribution in [1.82, 2.24) is 0 Å². The summed E-state index contributed by atoms with van der Waals surface area (Å²) in [6.45, 7) is 2.35. The monoisotopic (exact) mass is 504 g/mol. The molecule has 0 atom stereocenters. The summed E-state index contributed by atoms with van der Waals surface area (Å²) >= 11 is 2.06. The van der Waals surface area contributed by atoms with Crippen molar-refractivity contribution in [3.8, 4) is 23.0 Å². The maximum Gasteiger partial charge on any atom is 0.348 e. The first kappa shape index (κ1) is 21.0. The molecule has 0 aliphatic rings. The minimum absolute atomic E-state index is 0.349. The van der Waals surface area contributed by atoms with Gasteiger partial charge < -0.3 is 18.9 Å². The molecule has 5 nitrogen and oxygen atoms in total. The fraction of sp³-hybridized carbons (Fsp3) is 0.174. The first-order valence-corrected chi connectivity index (χ1v) is 10.00. The van der Waals surface area contributed by atoms with Gasteiger partial charge in [0.05, 0.1) is 14.2 Å². The SMILES string of the molecule is COc1cc(I)c(C(=O)Oc2cc(C)cc(OCc3ccccc3)c2)c(OC)c1. The maximum absolute atomic E-state index is 12.8. The van der Waals surface area contributed by atoms with Crippen LogP contribution in [0, 0.1) is 10.5 Å². The minimum atomic E-state index is -0.506. The van der Waals surface area contributed by atoms with Crippen LogP contribution in [0.15, 0.2) is 60.7 Å². The lowest BCUT2D eigenvalue weighted by molar-refractivity contribution is 0.0729. The number of carbonyl (C=O) groups excluding carboxylic acids is 1. The van der Waals surface area contributed by atoms with Crippen molar-refractivity contribution in [2.75, 3.05) is 14.2 Å². The van der Waals surface area contributed by atoms with Gasteiger partial charge in [-0.25, -0.2) is 4.79 Å². The van der Waals surface area contributed by atoms with Crippen LogP contribution in [0.1, 0.15) is 21.5 Å². The van der Waals surface area contributed by atoms with Gasteiger partial charge in [0, 0.05) is 15.7 Å². The second-order valence-electron chi connectivity index (χ2n) is 6.33. The molecule has 0 aliphatic carbocycles. The lowest BCUT2D eigenvalue weighted by atomic mass is 10.2. The van der Waals surface area contributed by atoms with Crippen molar-refractivity contribution in [2.24, 2.45) is 0 Å². The van der Waals surface area contributed by atoms with Crippen molar-refractivity contribution < 1.29 is 23.7 Å². The van der Waals surface area contributed by atoms with E-state index in [2.05, 4.69) is 22.6 Å². The molecule has 3 aromatic carbocycles. The molecule has 29 heavy (non-hydrogen) atoms. The Kier molecular flexibility index (Phi) is 6.98. The number of halogens is 1. The summed E-state index contributed by atoms with van der Waals surface area (Å²) in [4.78, 5) is 12.8. The van der Waals surface area contributed by atoms with Gasteiger partial charge in [0.2, 0.25) is 0 Å². The molecule has 0 spiro atoms. The third-order valence-corrected chi connectivity index (χ3v) is 5.02. The summed E-state index contributed by atoms with van der Waals surface area (Å²) in [7, 11) is 3.07. The summed E-state index contributed by atoms with van der Waals surface area (Å²) in [5.74, 6) is 1.54. The lowest BCUT2D eigenvalue weighted by Gasteiger charge is -2.13. The van der Waals surface area contributed by atoms with Crippen molar-refractivity contribution in [1.29, 1.82) is 0 Å². The molecule has 0 bridgehead atoms. The maximum atomic E-state index is 12.8. The van der Waals surface area contributed by atoms with E-state index in [1.165, 1.54) is 7.11 Å². The molecule has 0 unspecified atom stereocenters. The molecule has 0 heterocycles. The largest absolute Gasteiger partial charge is 0.497 e. The number of hydrogen-bond donors (Lipinski definition) is 0. The Balaban J connectivity index is 1.79. The molecule has 0 amide bonds. The summed E-state index contributed by atoms with van der Waals surface area (Å²) in [5, 5.41) is 0. The van der Waals surface area contributed by atoms with Crippen molar-refractivity contribution in [3.05, 3.63) is 80.9 Å². The molecule has 0 saturated carbocycles. The van der Waals surface area contributed by atoms with Crippen LogP contribution in [0.5, 0.6) is 23.0 Å². The highest BCUT2D eigenvalue weighted by Gasteiger charge is 2.20. The predicted octanol–water partition coefficient (Wildman–Crippen LogP) is 5.42. The second kappa shape index (κ2) is 9.65. The predicted molar refractivity (Wildman–Crippen MR) is 119 cm³/mol. The van der Waals surface area contributed by atoms with Gasteiger partial charge in [0.15, 0.2) is 0 Å². The van der Waals surface area contributed by atoms with Crippen molar-refractivity contribution in [2.45, 2.75) is 13.5 Å². The highest BCUT2D eigenvalue weighted by atomic mass is 127. The molecule has 0 fully saturated rings. The number of benzene rings is 3. The Labute approximate surface area is 183 Å². The van der Waals surface area contributed by atoms with Crippen LogP contribution in [0.4, 0.5) is 0 Å². The Morgan fingerprint density at radius 3 is 2.31 bits per heavy atom. The average Bonchev–Trinajstić information content (AvgIpc) is 2.71. The summed E-state index contributed by atoms with van der Waals surface area (Å²) in [5.41, 5.74) is 2.34. The van der Waals surface area contributed by atoms with E-state index in [4.69, 9.17) is 18.9 Å². The van der Waals surface area contributed by atoms with Crippen LogP contribution in [0.25, 0.3) is 0 Å². The molecule has 3 rings (SSSR count). The smallest absolute Gasteiger partial charge is 0.348 e. The number of carbonyl (C=O) groups is 1. The van der Waals surface area contributed by atoms with E-state index < -0.39 is 5.97 Å². The molecule has 0 saturated heterocycles. The van der Waals surface area contributed by atoms with Crippen LogP contribution in [0.2, 0.25) is 0 Å². The third-order valence-electron chi connectivity index (χ3n) is 4.17. The van der Waals surface area contributed by atoms with Gasteiger partial charge >= 0.3 is 5.97 Å². The van der Waals surface area contributed by atoms with Gasteiger partial charge in [0.25, 0.3) is 0 Å². The summed E-state index contributed by atoms with van der Waals surface area (Å²) < 4.78 is 22.8. The first-order chi connectivity index (χ1) is 14.0. The fourth-order valence-corrected chi connectivity index (χ4v) is 3.58. The van der Waals surface area contributed by atoms with Crippen molar-refractivity contribution >= 4 is 28.6 Å². The lowest BCUT2D eigenvalue weighted by Crippen LogP contribution is -2.12. The van der Waals surface area contributed by atoms with Crippen LogP contribution in [-0.2, 0) is 6.61 Å². The van der Waals surface area contributed by atoms with Gasteiger partial charge in [-0.05, 0) is 58.8 Å². The molecule has 0 aromatic heterocycles. The van der Waals surface area contributed by atoms with Crippen LogP contribution in [0.3, 0.4) is 0 Å². The third kappa shape index (κ3) is 5.41. The Hall–Kier alpha value is -2.74. The van der Waals surface area contributed by atoms with E-state index in [1.807, 2.05) is 43.3 Å². The quantitative estimate of drug-likeness (QED) is 0.245. The van der Waals surface area contributed by atoms with E-state index in [0.29, 0.717) is 38.7 Å². The molecule has 0 N–H and O–H groups in total. The molecule has 0 aliphatic heterocycles. The van der Waals surface area contributed by atoms with E-state index in [-0.39, 0.29) is 0 Å². The number of esters is 1. The minimum Gasteiger partial charge on any atom is -0.497 e. The van der Waals surface area contributed by atoms with Gasteiger partial charge in [-0.3, -0.25) is 0 Å². The molecular weight excluding hydrogens is 483 g/mol. The van der Waals surface area contributed by atoms with Crippen molar-refractivity contribution in [3.63, 3.8) is 0 Å². The second-order valence-corrected chi connectivity index (χ2v) is 7.49. The van der Waals surface area contributed by atoms with E-state index in [0.717, 1.165) is 11.1 Å². The fourth-order valence-electron chi connectivity index (χ4n) is 2.79. The summed E-state index contributed by atoms with van der Waals surface area (Å²) in [6.07, 6.45) is 0. The van der Waals surface area contributed by atoms with Crippen LogP contribution >= 0.6 is 22.6 Å². The van der Waals surface area contributed by atoms with Crippen LogP contribution < -0.4 is 18.9 Å². The number of hydrogen-bond acceptors (Lipinski definition) is 5. The molecular formula is C23H21IO5. The van der Waals surface area contributed by atoms with Crippen LogP contribution in [-0.4, -0.2) is 20.2 Å². The zero-order valence-corrected chi connectivity index (χ0v) is 18.6. The zero-order valence-electron chi connectivity index (χ0n) is 16.4. The van der Waals surface area contributed by atoms with E-state index >= 15 is 0 Å². The molecule has 3 aromatic rings. The Morgan fingerprint density at radius 2 is 1.62 bits per heavy atom. The highest BCUT2D eigenvalue weighted by molar-refractivity contribution is 14.1. The number of aryl methyl sites for hydroxylation is 1.